The standard InChI is InChI=1S/C14H11F2N3OS/c1-17-13-9-4-5-21-14(9)19-12(18-13)7-20-8-2-3-10(15)11(16)6-8/h2-6H,7H2,1H3,(H,17,18,19). The summed E-state index contributed by atoms with van der Waals surface area (Å²) >= 11 is 1.50. The third kappa shape index (κ3) is 2.78. The maximum absolute atomic E-state index is 13.1. The molecule has 1 N–H and O–H groups in total. The molecule has 0 radical (unpaired) electrons. The molecule has 21 heavy (non-hydrogen) atoms. The van der Waals surface area contributed by atoms with Crippen LogP contribution in [0.15, 0.2) is 29.6 Å². The monoisotopic (exact) mass is 307 g/mol. The second kappa shape index (κ2) is 5.61. The number of halogens is 2. The van der Waals surface area contributed by atoms with Crippen molar-refractivity contribution in [1.29, 1.82) is 0 Å². The van der Waals surface area contributed by atoms with Gasteiger partial charge in [-0.15, -0.1) is 11.3 Å². The van der Waals surface area contributed by atoms with E-state index in [2.05, 4.69) is 15.3 Å². The van der Waals surface area contributed by atoms with Crippen LogP contribution in [0.4, 0.5) is 14.6 Å². The smallest absolute Gasteiger partial charge is 0.169 e. The van der Waals surface area contributed by atoms with Crippen LogP contribution in [-0.2, 0) is 6.61 Å². The number of benzene rings is 1. The summed E-state index contributed by atoms with van der Waals surface area (Å²) in [5.74, 6) is -0.437. The van der Waals surface area contributed by atoms with Crippen molar-refractivity contribution in [2.45, 2.75) is 6.61 Å². The van der Waals surface area contributed by atoms with Crippen LogP contribution in [0.5, 0.6) is 5.75 Å². The third-order valence-electron chi connectivity index (χ3n) is 2.87. The Morgan fingerprint density at radius 1 is 1.19 bits per heavy atom. The fourth-order valence-corrected chi connectivity index (χ4v) is 2.65. The fourth-order valence-electron chi connectivity index (χ4n) is 1.87. The van der Waals surface area contributed by atoms with Gasteiger partial charge >= 0.3 is 0 Å². The lowest BCUT2D eigenvalue weighted by atomic mass is 10.3. The van der Waals surface area contributed by atoms with Crippen molar-refractivity contribution in [1.82, 2.24) is 9.97 Å². The Morgan fingerprint density at radius 3 is 2.81 bits per heavy atom. The molecule has 7 heteroatoms. The molecule has 2 aromatic heterocycles. The third-order valence-corrected chi connectivity index (χ3v) is 3.67. The predicted molar refractivity (Wildman–Crippen MR) is 77.7 cm³/mol. The van der Waals surface area contributed by atoms with E-state index in [9.17, 15) is 8.78 Å². The van der Waals surface area contributed by atoms with Gasteiger partial charge in [0.05, 0.1) is 5.39 Å². The van der Waals surface area contributed by atoms with Crippen molar-refractivity contribution >= 4 is 27.4 Å². The summed E-state index contributed by atoms with van der Waals surface area (Å²) in [5.41, 5.74) is 0. The molecule has 0 aliphatic rings. The van der Waals surface area contributed by atoms with Gasteiger partial charge in [-0.2, -0.15) is 0 Å². The molecule has 0 aliphatic carbocycles. The summed E-state index contributed by atoms with van der Waals surface area (Å²) in [4.78, 5) is 9.56. The van der Waals surface area contributed by atoms with Gasteiger partial charge in [-0.1, -0.05) is 0 Å². The summed E-state index contributed by atoms with van der Waals surface area (Å²) in [6, 6.07) is 5.32. The van der Waals surface area contributed by atoms with Gasteiger partial charge in [0.1, 0.15) is 23.0 Å². The maximum atomic E-state index is 13.1. The van der Waals surface area contributed by atoms with Gasteiger partial charge in [-0.25, -0.2) is 18.7 Å². The second-order valence-corrected chi connectivity index (χ2v) is 5.14. The zero-order chi connectivity index (χ0) is 14.8. The minimum atomic E-state index is -0.946. The fraction of sp³-hybridized carbons (Fsp3) is 0.143. The molecule has 0 unspecified atom stereocenters. The SMILES string of the molecule is CNc1nc(COc2ccc(F)c(F)c2)nc2sccc12. The zero-order valence-corrected chi connectivity index (χ0v) is 11.9. The average molecular weight is 307 g/mol. The number of fused-ring (bicyclic) bond motifs is 1. The number of thiophene rings is 1. The van der Waals surface area contributed by atoms with Crippen molar-refractivity contribution in [3.63, 3.8) is 0 Å². The van der Waals surface area contributed by atoms with E-state index in [0.717, 1.165) is 22.3 Å². The van der Waals surface area contributed by atoms with E-state index in [0.29, 0.717) is 11.6 Å². The number of aromatic nitrogens is 2. The highest BCUT2D eigenvalue weighted by molar-refractivity contribution is 7.16. The summed E-state index contributed by atoms with van der Waals surface area (Å²) in [6.45, 7) is 0.0770. The van der Waals surface area contributed by atoms with Crippen LogP contribution in [-0.4, -0.2) is 17.0 Å². The molecule has 0 bridgehead atoms. The Balaban J connectivity index is 1.82. The first kappa shape index (κ1) is 13.7. The molecule has 3 rings (SSSR count). The number of ether oxygens (including phenoxy) is 1. The number of rotatable bonds is 4. The number of hydrogen-bond acceptors (Lipinski definition) is 5. The number of nitrogens with zero attached hydrogens (tertiary/aromatic N) is 2. The molecule has 0 saturated heterocycles. The van der Waals surface area contributed by atoms with E-state index in [1.54, 1.807) is 7.05 Å². The first-order valence-electron chi connectivity index (χ1n) is 6.17. The van der Waals surface area contributed by atoms with Crippen molar-refractivity contribution < 1.29 is 13.5 Å². The molecule has 0 saturated carbocycles. The van der Waals surface area contributed by atoms with Crippen molar-refractivity contribution in [3.05, 3.63) is 47.1 Å². The molecule has 108 valence electrons. The minimum Gasteiger partial charge on any atom is -0.486 e. The Kier molecular flexibility index (Phi) is 3.66. The molecule has 0 spiro atoms. The van der Waals surface area contributed by atoms with Gasteiger partial charge < -0.3 is 10.1 Å². The minimum absolute atomic E-state index is 0.0770. The predicted octanol–water partition coefficient (Wildman–Crippen LogP) is 3.59. The summed E-state index contributed by atoms with van der Waals surface area (Å²) < 4.78 is 31.3. The van der Waals surface area contributed by atoms with Gasteiger partial charge in [-0.3, -0.25) is 0 Å². The van der Waals surface area contributed by atoms with Crippen LogP contribution >= 0.6 is 11.3 Å². The lowest BCUT2D eigenvalue weighted by molar-refractivity contribution is 0.294. The first-order chi connectivity index (χ1) is 10.2. The van der Waals surface area contributed by atoms with Gasteiger partial charge in [0, 0.05) is 13.1 Å². The van der Waals surface area contributed by atoms with Crippen molar-refractivity contribution in [2.75, 3.05) is 12.4 Å². The molecular formula is C14H11F2N3OS. The molecule has 0 atom stereocenters. The van der Waals surface area contributed by atoms with Gasteiger partial charge in [0.2, 0.25) is 0 Å². The zero-order valence-electron chi connectivity index (χ0n) is 11.1. The Labute approximate surface area is 123 Å². The van der Waals surface area contributed by atoms with Crippen LogP contribution in [0.1, 0.15) is 5.82 Å². The largest absolute Gasteiger partial charge is 0.486 e. The molecule has 0 amide bonds. The first-order valence-corrected chi connectivity index (χ1v) is 7.05. The second-order valence-electron chi connectivity index (χ2n) is 4.24. The Morgan fingerprint density at radius 2 is 2.05 bits per heavy atom. The summed E-state index contributed by atoms with van der Waals surface area (Å²) in [7, 11) is 1.78. The molecule has 0 fully saturated rings. The molecule has 2 heterocycles. The van der Waals surface area contributed by atoms with E-state index in [4.69, 9.17) is 4.74 Å². The van der Waals surface area contributed by atoms with E-state index in [-0.39, 0.29) is 12.4 Å². The maximum Gasteiger partial charge on any atom is 0.169 e. The number of nitrogens with one attached hydrogen (secondary N) is 1. The van der Waals surface area contributed by atoms with E-state index in [1.807, 2.05) is 11.4 Å². The van der Waals surface area contributed by atoms with Crippen LogP contribution in [0, 0.1) is 11.6 Å². The van der Waals surface area contributed by atoms with Crippen LogP contribution in [0.25, 0.3) is 10.2 Å². The highest BCUT2D eigenvalue weighted by atomic mass is 32.1. The summed E-state index contributed by atoms with van der Waals surface area (Å²) in [5, 5.41) is 5.88. The molecule has 1 aromatic carbocycles. The van der Waals surface area contributed by atoms with Crippen molar-refractivity contribution in [3.8, 4) is 5.75 Å². The summed E-state index contributed by atoms with van der Waals surface area (Å²) in [6.07, 6.45) is 0. The average Bonchev–Trinajstić information content (AvgIpc) is 2.96. The van der Waals surface area contributed by atoms with E-state index >= 15 is 0 Å². The number of anilines is 1. The molecule has 3 aromatic rings. The lowest BCUT2D eigenvalue weighted by Crippen LogP contribution is -2.04. The number of hydrogen-bond donors (Lipinski definition) is 1. The van der Waals surface area contributed by atoms with Gasteiger partial charge in [0.15, 0.2) is 17.5 Å². The van der Waals surface area contributed by atoms with E-state index in [1.165, 1.54) is 17.4 Å². The quantitative estimate of drug-likeness (QED) is 0.800. The normalized spacial score (nSPS) is 10.8. The molecular weight excluding hydrogens is 296 g/mol. The Hall–Kier alpha value is -2.28. The van der Waals surface area contributed by atoms with Crippen molar-refractivity contribution in [2.24, 2.45) is 0 Å². The van der Waals surface area contributed by atoms with Crippen LogP contribution < -0.4 is 10.1 Å². The highest BCUT2D eigenvalue weighted by Gasteiger charge is 2.09. The highest BCUT2D eigenvalue weighted by Crippen LogP contribution is 2.25. The van der Waals surface area contributed by atoms with Gasteiger partial charge in [0.25, 0.3) is 0 Å². The lowest BCUT2D eigenvalue weighted by Gasteiger charge is -2.08. The molecule has 4 nitrogen and oxygen atoms in total. The topological polar surface area (TPSA) is 47.0 Å². The van der Waals surface area contributed by atoms with Crippen LogP contribution in [0.3, 0.4) is 0 Å². The van der Waals surface area contributed by atoms with E-state index < -0.39 is 11.6 Å². The molecule has 0 aliphatic heterocycles. The van der Waals surface area contributed by atoms with Gasteiger partial charge in [-0.05, 0) is 23.6 Å². The Bertz CT molecular complexity index is 791. The van der Waals surface area contributed by atoms with Crippen LogP contribution in [0.2, 0.25) is 0 Å².